The van der Waals surface area contributed by atoms with Gasteiger partial charge in [0.05, 0.1) is 0 Å². The Hall–Kier alpha value is -2.90. The lowest BCUT2D eigenvalue weighted by Crippen LogP contribution is -2.14. The summed E-state index contributed by atoms with van der Waals surface area (Å²) in [6, 6.07) is 17.8. The molecule has 2 aromatic carbocycles. The van der Waals surface area contributed by atoms with Crippen LogP contribution in [0.25, 0.3) is 11.4 Å². The lowest BCUT2D eigenvalue weighted by Gasteiger charge is -2.06. The Morgan fingerprint density at radius 3 is 2.62 bits per heavy atom. The zero-order valence-corrected chi connectivity index (χ0v) is 13.7. The lowest BCUT2D eigenvalue weighted by atomic mass is 10.1. The minimum atomic E-state index is -1.01. The van der Waals surface area contributed by atoms with Crippen molar-refractivity contribution in [2.45, 2.75) is 25.9 Å². The van der Waals surface area contributed by atoms with Gasteiger partial charge in [0.2, 0.25) is 0 Å². The molecule has 3 aromatic rings. The van der Waals surface area contributed by atoms with Gasteiger partial charge in [0.25, 0.3) is 0 Å². The first-order chi connectivity index (χ1) is 11.5. The maximum atomic E-state index is 9.71. The van der Waals surface area contributed by atoms with Crippen molar-refractivity contribution in [2.24, 2.45) is 0 Å². The molecule has 3 rings (SSSR count). The van der Waals surface area contributed by atoms with Crippen molar-refractivity contribution in [3.63, 3.8) is 0 Å². The predicted octanol–water partition coefficient (Wildman–Crippen LogP) is 3.18. The van der Waals surface area contributed by atoms with Gasteiger partial charge in [-0.2, -0.15) is 5.10 Å². The van der Waals surface area contributed by atoms with E-state index in [-0.39, 0.29) is 0 Å². The van der Waals surface area contributed by atoms with E-state index in [0.717, 1.165) is 17.0 Å². The van der Waals surface area contributed by atoms with Crippen molar-refractivity contribution < 1.29 is 5.11 Å². The van der Waals surface area contributed by atoms with Crippen LogP contribution in [0, 0.1) is 11.8 Å². The Bertz CT molecular complexity index is 880. The molecule has 4 nitrogen and oxygen atoms in total. The number of nitrogens with one attached hydrogen (secondary N) is 1. The number of aromatic nitrogens is 3. The number of hydrogen-bond acceptors (Lipinski definition) is 3. The Morgan fingerprint density at radius 2 is 1.88 bits per heavy atom. The van der Waals surface area contributed by atoms with Gasteiger partial charge in [0, 0.05) is 17.5 Å². The van der Waals surface area contributed by atoms with Crippen LogP contribution in [0.15, 0.2) is 54.6 Å². The molecule has 0 aliphatic heterocycles. The van der Waals surface area contributed by atoms with Gasteiger partial charge in [-0.15, -0.1) is 0 Å². The van der Waals surface area contributed by atoms with E-state index in [1.807, 2.05) is 42.5 Å². The fourth-order valence-corrected chi connectivity index (χ4v) is 2.25. The molecule has 0 amide bonds. The second-order valence-electron chi connectivity index (χ2n) is 6.16. The molecule has 4 heteroatoms. The SMILES string of the molecule is CC(C)(O)C#Cc1cccc(-c2n[nH]c(Cc3ccccc3)n2)c1. The first-order valence-corrected chi connectivity index (χ1v) is 7.81. The molecule has 0 spiro atoms. The highest BCUT2D eigenvalue weighted by molar-refractivity contribution is 5.58. The lowest BCUT2D eigenvalue weighted by molar-refractivity contribution is 0.143. The van der Waals surface area contributed by atoms with Crippen LogP contribution >= 0.6 is 0 Å². The topological polar surface area (TPSA) is 61.8 Å². The van der Waals surface area contributed by atoms with Crippen LogP contribution in [0.5, 0.6) is 0 Å². The summed E-state index contributed by atoms with van der Waals surface area (Å²) in [4.78, 5) is 4.56. The standard InChI is InChI=1S/C20H19N3O/c1-20(2,24)12-11-16-9-6-10-17(13-16)19-21-18(22-23-19)14-15-7-4-3-5-8-15/h3-10,13,24H,14H2,1-2H3,(H,21,22,23). The van der Waals surface area contributed by atoms with Gasteiger partial charge in [0.1, 0.15) is 11.4 Å². The highest BCUT2D eigenvalue weighted by atomic mass is 16.3. The summed E-state index contributed by atoms with van der Waals surface area (Å²) >= 11 is 0. The first-order valence-electron chi connectivity index (χ1n) is 7.81. The summed E-state index contributed by atoms with van der Waals surface area (Å²) in [6.07, 6.45) is 0.714. The third-order valence-electron chi connectivity index (χ3n) is 3.38. The summed E-state index contributed by atoms with van der Waals surface area (Å²) in [5, 5.41) is 17.0. The Labute approximate surface area is 141 Å². The van der Waals surface area contributed by atoms with Crippen LogP contribution in [0.1, 0.15) is 30.8 Å². The Kier molecular flexibility index (Phi) is 4.45. The van der Waals surface area contributed by atoms with Crippen LogP contribution in [0.2, 0.25) is 0 Å². The first kappa shape index (κ1) is 16.0. The molecule has 0 saturated carbocycles. The molecule has 24 heavy (non-hydrogen) atoms. The monoisotopic (exact) mass is 317 g/mol. The van der Waals surface area contributed by atoms with Crippen molar-refractivity contribution in [1.82, 2.24) is 15.2 Å². The molecule has 1 aromatic heterocycles. The van der Waals surface area contributed by atoms with E-state index in [1.165, 1.54) is 5.56 Å². The maximum Gasteiger partial charge on any atom is 0.181 e. The second-order valence-corrected chi connectivity index (χ2v) is 6.16. The Morgan fingerprint density at radius 1 is 1.08 bits per heavy atom. The number of H-pyrrole nitrogens is 1. The average molecular weight is 317 g/mol. The molecule has 0 bridgehead atoms. The molecule has 0 aliphatic carbocycles. The largest absolute Gasteiger partial charge is 0.378 e. The number of benzene rings is 2. The quantitative estimate of drug-likeness (QED) is 0.729. The van der Waals surface area contributed by atoms with E-state index in [4.69, 9.17) is 0 Å². The molecule has 0 saturated heterocycles. The van der Waals surface area contributed by atoms with Gasteiger partial charge in [-0.3, -0.25) is 5.10 Å². The molecular formula is C20H19N3O. The van der Waals surface area contributed by atoms with Crippen LogP contribution in [-0.4, -0.2) is 25.9 Å². The second kappa shape index (κ2) is 6.69. The summed E-state index contributed by atoms with van der Waals surface area (Å²) in [6.45, 7) is 3.32. The van der Waals surface area contributed by atoms with E-state index >= 15 is 0 Å². The third-order valence-corrected chi connectivity index (χ3v) is 3.38. The smallest absolute Gasteiger partial charge is 0.181 e. The Balaban J connectivity index is 1.81. The molecule has 0 radical (unpaired) electrons. The maximum absolute atomic E-state index is 9.71. The molecule has 0 fully saturated rings. The van der Waals surface area contributed by atoms with E-state index in [0.29, 0.717) is 12.2 Å². The van der Waals surface area contributed by atoms with Crippen LogP contribution in [0.4, 0.5) is 0 Å². The zero-order chi connectivity index (χ0) is 17.0. The third kappa shape index (κ3) is 4.31. The van der Waals surface area contributed by atoms with Gasteiger partial charge >= 0.3 is 0 Å². The summed E-state index contributed by atoms with van der Waals surface area (Å²) in [7, 11) is 0. The number of rotatable bonds is 3. The number of aliphatic hydroxyl groups is 1. The fraction of sp³-hybridized carbons (Fsp3) is 0.200. The van der Waals surface area contributed by atoms with Crippen molar-refractivity contribution in [1.29, 1.82) is 0 Å². The number of aromatic amines is 1. The minimum Gasteiger partial charge on any atom is -0.378 e. The summed E-state index contributed by atoms with van der Waals surface area (Å²) in [5.74, 6) is 7.26. The fourth-order valence-electron chi connectivity index (χ4n) is 2.25. The van der Waals surface area contributed by atoms with E-state index in [9.17, 15) is 5.11 Å². The van der Waals surface area contributed by atoms with Gasteiger partial charge in [-0.25, -0.2) is 4.98 Å². The molecule has 0 unspecified atom stereocenters. The van der Waals surface area contributed by atoms with Crippen LogP contribution in [0.3, 0.4) is 0 Å². The van der Waals surface area contributed by atoms with E-state index < -0.39 is 5.60 Å². The van der Waals surface area contributed by atoms with E-state index in [1.54, 1.807) is 13.8 Å². The van der Waals surface area contributed by atoms with Gasteiger partial charge in [-0.1, -0.05) is 54.3 Å². The number of hydrogen-bond donors (Lipinski definition) is 2. The van der Waals surface area contributed by atoms with Crippen molar-refractivity contribution in [3.05, 3.63) is 71.5 Å². The predicted molar refractivity (Wildman–Crippen MR) is 94.2 cm³/mol. The summed E-state index contributed by atoms with van der Waals surface area (Å²) < 4.78 is 0. The van der Waals surface area contributed by atoms with E-state index in [2.05, 4.69) is 39.2 Å². The van der Waals surface area contributed by atoms with Crippen LogP contribution < -0.4 is 0 Å². The average Bonchev–Trinajstić information content (AvgIpc) is 3.02. The molecule has 0 aliphatic rings. The molecule has 1 heterocycles. The van der Waals surface area contributed by atoms with Crippen LogP contribution in [-0.2, 0) is 6.42 Å². The van der Waals surface area contributed by atoms with Crippen molar-refractivity contribution in [3.8, 4) is 23.2 Å². The summed E-state index contributed by atoms with van der Waals surface area (Å²) in [5.41, 5.74) is 1.89. The van der Waals surface area contributed by atoms with Gasteiger partial charge in [0.15, 0.2) is 5.82 Å². The molecular weight excluding hydrogens is 298 g/mol. The molecule has 0 atom stereocenters. The molecule has 120 valence electrons. The van der Waals surface area contributed by atoms with Crippen molar-refractivity contribution >= 4 is 0 Å². The minimum absolute atomic E-state index is 0.646. The highest BCUT2D eigenvalue weighted by Crippen LogP contribution is 2.17. The number of nitrogens with zero attached hydrogens (tertiary/aromatic N) is 2. The molecule has 2 N–H and O–H groups in total. The zero-order valence-electron chi connectivity index (χ0n) is 13.7. The van der Waals surface area contributed by atoms with Gasteiger partial charge in [-0.05, 0) is 31.5 Å². The van der Waals surface area contributed by atoms with Gasteiger partial charge < -0.3 is 5.11 Å². The normalized spacial score (nSPS) is 11.0. The highest BCUT2D eigenvalue weighted by Gasteiger charge is 2.08. The van der Waals surface area contributed by atoms with Crippen molar-refractivity contribution in [2.75, 3.05) is 0 Å².